The van der Waals surface area contributed by atoms with Crippen molar-refractivity contribution in [1.29, 1.82) is 0 Å². The lowest BCUT2D eigenvalue weighted by Crippen LogP contribution is -2.58. The quantitative estimate of drug-likeness (QED) is 0.791. The van der Waals surface area contributed by atoms with Gasteiger partial charge >= 0.3 is 6.03 Å². The van der Waals surface area contributed by atoms with Crippen LogP contribution in [0, 0.1) is 5.92 Å². The first-order valence-electron chi connectivity index (χ1n) is 7.11. The van der Waals surface area contributed by atoms with E-state index in [0.717, 1.165) is 0 Å². The number of urea groups is 1. The predicted molar refractivity (Wildman–Crippen MR) is 68.8 cm³/mol. The number of alkyl halides is 2. The molecule has 2 fully saturated rings. The lowest BCUT2D eigenvalue weighted by Gasteiger charge is -2.41. The molecule has 2 amide bonds. The molecule has 1 N–H and O–H groups in total. The summed E-state index contributed by atoms with van der Waals surface area (Å²) < 4.78 is 27.1. The maximum absolute atomic E-state index is 13.5. The van der Waals surface area contributed by atoms with E-state index in [-0.39, 0.29) is 24.4 Å². The monoisotopic (exact) mass is 287 g/mol. The van der Waals surface area contributed by atoms with Gasteiger partial charge in [0.1, 0.15) is 12.3 Å². The molecule has 0 aromatic heterocycles. The number of carbonyl (C=O) groups is 1. The molecule has 3 atom stereocenters. The first-order chi connectivity index (χ1) is 9.54. The van der Waals surface area contributed by atoms with Crippen molar-refractivity contribution >= 4 is 12.2 Å². The molecule has 112 valence electrons. The minimum Gasteiger partial charge on any atom is -0.389 e. The standard InChI is InChI=1S/C13H19F2N3O2/c14-9-3-8(4-10(15)5-9)12-1-2-16-18(12)13(20)17-6-11(19)7-17/h2,8-12,19H,1,3-7H2/t8?,9?,10?,12-/m0/s1. The number of rotatable bonds is 1. The minimum atomic E-state index is -1.13. The molecule has 7 heteroatoms. The van der Waals surface area contributed by atoms with Gasteiger partial charge in [0.05, 0.1) is 25.2 Å². The van der Waals surface area contributed by atoms with Gasteiger partial charge in [0.2, 0.25) is 0 Å². The van der Waals surface area contributed by atoms with Crippen LogP contribution in [0.4, 0.5) is 13.6 Å². The molecule has 0 radical (unpaired) electrons. The van der Waals surface area contributed by atoms with Gasteiger partial charge in [-0.3, -0.25) is 0 Å². The second-order valence-electron chi connectivity index (χ2n) is 5.95. The van der Waals surface area contributed by atoms with Crippen molar-refractivity contribution in [3.05, 3.63) is 0 Å². The van der Waals surface area contributed by atoms with E-state index in [0.29, 0.717) is 32.4 Å². The molecule has 1 saturated carbocycles. The smallest absolute Gasteiger partial charge is 0.340 e. The number of aliphatic hydroxyl groups is 1. The van der Waals surface area contributed by atoms with Crippen molar-refractivity contribution in [1.82, 2.24) is 9.91 Å². The molecule has 0 aromatic carbocycles. The van der Waals surface area contributed by atoms with E-state index in [1.54, 1.807) is 6.21 Å². The van der Waals surface area contributed by atoms with E-state index in [1.165, 1.54) is 9.91 Å². The number of halogens is 2. The Labute approximate surface area is 116 Å². The highest BCUT2D eigenvalue weighted by molar-refractivity contribution is 5.79. The highest BCUT2D eigenvalue weighted by Gasteiger charge is 2.42. The largest absolute Gasteiger partial charge is 0.389 e. The molecule has 3 rings (SSSR count). The molecule has 3 aliphatic rings. The van der Waals surface area contributed by atoms with Crippen LogP contribution in [0.25, 0.3) is 0 Å². The van der Waals surface area contributed by atoms with Gasteiger partial charge in [-0.1, -0.05) is 0 Å². The van der Waals surface area contributed by atoms with Gasteiger partial charge in [-0.2, -0.15) is 5.10 Å². The number of hydrogen-bond acceptors (Lipinski definition) is 3. The van der Waals surface area contributed by atoms with Gasteiger partial charge in [-0.25, -0.2) is 18.6 Å². The molecule has 20 heavy (non-hydrogen) atoms. The van der Waals surface area contributed by atoms with Crippen molar-refractivity contribution in [2.45, 2.75) is 50.2 Å². The van der Waals surface area contributed by atoms with E-state index in [2.05, 4.69) is 5.10 Å². The molecule has 1 saturated heterocycles. The molecule has 0 spiro atoms. The number of β-amino-alcohol motifs (C(OH)–C–C–N with tert-alkyl or cyclic N) is 1. The van der Waals surface area contributed by atoms with Crippen molar-refractivity contribution < 1.29 is 18.7 Å². The van der Waals surface area contributed by atoms with Gasteiger partial charge < -0.3 is 10.0 Å². The molecule has 5 nitrogen and oxygen atoms in total. The van der Waals surface area contributed by atoms with Crippen molar-refractivity contribution in [2.24, 2.45) is 11.0 Å². The topological polar surface area (TPSA) is 56.1 Å². The predicted octanol–water partition coefficient (Wildman–Crippen LogP) is 1.32. The average molecular weight is 287 g/mol. The highest BCUT2D eigenvalue weighted by Crippen LogP contribution is 2.35. The van der Waals surface area contributed by atoms with Crippen molar-refractivity contribution in [2.75, 3.05) is 13.1 Å². The lowest BCUT2D eigenvalue weighted by molar-refractivity contribution is 0.00456. The van der Waals surface area contributed by atoms with E-state index >= 15 is 0 Å². The number of amides is 2. The number of hydrazone groups is 1. The summed E-state index contributed by atoms with van der Waals surface area (Å²) in [5.74, 6) is -0.189. The minimum absolute atomic E-state index is 0.0314. The first-order valence-corrected chi connectivity index (χ1v) is 7.11. The van der Waals surface area contributed by atoms with Gasteiger partial charge in [0, 0.05) is 19.1 Å². The zero-order valence-corrected chi connectivity index (χ0v) is 11.2. The fourth-order valence-electron chi connectivity index (χ4n) is 3.31. The molecular weight excluding hydrogens is 268 g/mol. The van der Waals surface area contributed by atoms with Gasteiger partial charge in [0.15, 0.2) is 0 Å². The molecule has 1 aliphatic carbocycles. The van der Waals surface area contributed by atoms with E-state index in [9.17, 15) is 18.7 Å². The molecule has 2 aliphatic heterocycles. The van der Waals surface area contributed by atoms with Crippen LogP contribution in [-0.2, 0) is 0 Å². The average Bonchev–Trinajstić information content (AvgIpc) is 2.82. The Kier molecular flexibility index (Phi) is 3.62. The highest BCUT2D eigenvalue weighted by atomic mass is 19.1. The van der Waals surface area contributed by atoms with Crippen LogP contribution in [-0.4, -0.2) is 64.8 Å². The summed E-state index contributed by atoms with van der Waals surface area (Å²) in [5.41, 5.74) is 0. The Hall–Kier alpha value is -1.24. The van der Waals surface area contributed by atoms with Crippen molar-refractivity contribution in [3.8, 4) is 0 Å². The third kappa shape index (κ3) is 2.51. The lowest BCUT2D eigenvalue weighted by atomic mass is 9.81. The fourth-order valence-corrected chi connectivity index (χ4v) is 3.31. The maximum atomic E-state index is 13.5. The second kappa shape index (κ2) is 5.27. The Morgan fingerprint density at radius 1 is 1.20 bits per heavy atom. The maximum Gasteiger partial charge on any atom is 0.340 e. The number of likely N-dealkylation sites (tertiary alicyclic amines) is 1. The molecule has 2 unspecified atom stereocenters. The first kappa shape index (κ1) is 13.7. The second-order valence-corrected chi connectivity index (χ2v) is 5.95. The van der Waals surface area contributed by atoms with Gasteiger partial charge in [-0.15, -0.1) is 0 Å². The molecule has 2 heterocycles. The van der Waals surface area contributed by atoms with Gasteiger partial charge in [-0.05, 0) is 18.8 Å². The van der Waals surface area contributed by atoms with Crippen LogP contribution in [0.5, 0.6) is 0 Å². The fraction of sp³-hybridized carbons (Fsp3) is 0.846. The summed E-state index contributed by atoms with van der Waals surface area (Å²) >= 11 is 0. The summed E-state index contributed by atoms with van der Waals surface area (Å²) in [6.45, 7) is 0.611. The molecule has 0 bridgehead atoms. The summed E-state index contributed by atoms with van der Waals surface area (Å²) in [4.78, 5) is 13.7. The van der Waals surface area contributed by atoms with Crippen LogP contribution in [0.3, 0.4) is 0 Å². The van der Waals surface area contributed by atoms with Crippen LogP contribution in [0.1, 0.15) is 25.7 Å². The van der Waals surface area contributed by atoms with Crippen LogP contribution < -0.4 is 0 Å². The van der Waals surface area contributed by atoms with Crippen LogP contribution in [0.15, 0.2) is 5.10 Å². The van der Waals surface area contributed by atoms with Crippen molar-refractivity contribution in [3.63, 3.8) is 0 Å². The Morgan fingerprint density at radius 2 is 1.85 bits per heavy atom. The summed E-state index contributed by atoms with van der Waals surface area (Å²) in [6.07, 6.45) is 0.00129. The van der Waals surface area contributed by atoms with E-state index in [4.69, 9.17) is 0 Å². The van der Waals surface area contributed by atoms with Crippen LogP contribution in [0.2, 0.25) is 0 Å². The SMILES string of the molecule is O=C(N1CC(O)C1)N1N=CC[C@H]1C1CC(F)CC(F)C1. The number of nitrogens with zero attached hydrogens (tertiary/aromatic N) is 3. The summed E-state index contributed by atoms with van der Waals surface area (Å²) in [6, 6.07) is -0.525. The van der Waals surface area contributed by atoms with Gasteiger partial charge in [0.25, 0.3) is 0 Å². The van der Waals surface area contributed by atoms with Crippen LogP contribution >= 0.6 is 0 Å². The Bertz CT molecular complexity index is 404. The third-order valence-corrected chi connectivity index (χ3v) is 4.37. The number of carbonyl (C=O) groups excluding carboxylic acids is 1. The third-order valence-electron chi connectivity index (χ3n) is 4.37. The molecule has 0 aromatic rings. The van der Waals surface area contributed by atoms with E-state index < -0.39 is 18.4 Å². The number of hydrogen-bond donors (Lipinski definition) is 1. The van der Waals surface area contributed by atoms with E-state index in [1.807, 2.05) is 0 Å². The Morgan fingerprint density at radius 3 is 2.45 bits per heavy atom. The summed E-state index contributed by atoms with van der Waals surface area (Å²) in [5, 5.41) is 14.7. The zero-order chi connectivity index (χ0) is 14.3. The molecular formula is C13H19F2N3O2. The normalized spacial score (nSPS) is 38.1. The zero-order valence-electron chi connectivity index (χ0n) is 11.2. The Balaban J connectivity index is 1.65. The number of aliphatic hydroxyl groups excluding tert-OH is 1. The summed E-state index contributed by atoms with van der Waals surface area (Å²) in [7, 11) is 0.